The lowest BCUT2D eigenvalue weighted by molar-refractivity contribution is -0.138. The maximum Gasteiger partial charge on any atom is 0.227 e. The SMILES string of the molecule is CCOc1ccc(CC(=O)N2CCN(C(=O)Cc3ccn(C)c3)CC2)cc1. The van der Waals surface area contributed by atoms with E-state index in [-0.39, 0.29) is 11.8 Å². The molecule has 27 heavy (non-hydrogen) atoms. The second-order valence-electron chi connectivity index (χ2n) is 6.88. The van der Waals surface area contributed by atoms with Crippen molar-refractivity contribution in [3.05, 3.63) is 53.9 Å². The van der Waals surface area contributed by atoms with E-state index in [9.17, 15) is 9.59 Å². The van der Waals surface area contributed by atoms with Crippen molar-refractivity contribution >= 4 is 11.8 Å². The summed E-state index contributed by atoms with van der Waals surface area (Å²) in [5.74, 6) is 1.05. The Kier molecular flexibility index (Phi) is 6.16. The van der Waals surface area contributed by atoms with E-state index < -0.39 is 0 Å². The van der Waals surface area contributed by atoms with E-state index in [1.54, 1.807) is 0 Å². The molecule has 1 saturated heterocycles. The highest BCUT2D eigenvalue weighted by Gasteiger charge is 2.24. The molecule has 2 aromatic rings. The zero-order valence-corrected chi connectivity index (χ0v) is 16.1. The Balaban J connectivity index is 1.46. The summed E-state index contributed by atoms with van der Waals surface area (Å²) in [5, 5.41) is 0. The Morgan fingerprint density at radius 2 is 1.44 bits per heavy atom. The van der Waals surface area contributed by atoms with Crippen LogP contribution in [0, 0.1) is 0 Å². The molecule has 0 spiro atoms. The number of nitrogens with zero attached hydrogens (tertiary/aromatic N) is 3. The molecular weight excluding hydrogens is 342 g/mol. The second kappa shape index (κ2) is 8.75. The molecule has 0 radical (unpaired) electrons. The molecule has 0 unspecified atom stereocenters. The van der Waals surface area contributed by atoms with Crippen LogP contribution in [0.4, 0.5) is 0 Å². The molecule has 6 nitrogen and oxygen atoms in total. The molecule has 0 saturated carbocycles. The van der Waals surface area contributed by atoms with E-state index in [2.05, 4.69) is 0 Å². The fourth-order valence-electron chi connectivity index (χ4n) is 3.31. The predicted molar refractivity (Wildman–Crippen MR) is 104 cm³/mol. The van der Waals surface area contributed by atoms with Gasteiger partial charge in [-0.3, -0.25) is 9.59 Å². The lowest BCUT2D eigenvalue weighted by Gasteiger charge is -2.35. The molecular formula is C21H27N3O3. The first-order valence-corrected chi connectivity index (χ1v) is 9.43. The van der Waals surface area contributed by atoms with Crippen LogP contribution >= 0.6 is 0 Å². The fourth-order valence-corrected chi connectivity index (χ4v) is 3.31. The van der Waals surface area contributed by atoms with E-state index in [0.29, 0.717) is 45.6 Å². The number of piperazine rings is 1. The maximum absolute atomic E-state index is 12.5. The number of rotatable bonds is 6. The van der Waals surface area contributed by atoms with Gasteiger partial charge in [0.05, 0.1) is 19.4 Å². The minimum absolute atomic E-state index is 0.106. The van der Waals surface area contributed by atoms with Gasteiger partial charge in [-0.1, -0.05) is 12.1 Å². The fraction of sp³-hybridized carbons (Fsp3) is 0.429. The number of carbonyl (C=O) groups is 2. The van der Waals surface area contributed by atoms with Gasteiger partial charge in [0.1, 0.15) is 5.75 Å². The number of hydrogen-bond acceptors (Lipinski definition) is 3. The third kappa shape index (κ3) is 5.12. The van der Waals surface area contributed by atoms with Gasteiger partial charge < -0.3 is 19.1 Å². The molecule has 0 aliphatic carbocycles. The summed E-state index contributed by atoms with van der Waals surface area (Å²) >= 11 is 0. The highest BCUT2D eigenvalue weighted by atomic mass is 16.5. The van der Waals surface area contributed by atoms with Crippen LogP contribution in [-0.4, -0.2) is 59.0 Å². The minimum atomic E-state index is 0.106. The molecule has 0 bridgehead atoms. The quantitative estimate of drug-likeness (QED) is 0.781. The standard InChI is InChI=1S/C21H27N3O3/c1-3-27-19-6-4-17(5-7-19)14-20(25)23-10-12-24(13-11-23)21(26)15-18-8-9-22(2)16-18/h4-9,16H,3,10-15H2,1-2H3. The van der Waals surface area contributed by atoms with Crippen molar-refractivity contribution < 1.29 is 14.3 Å². The van der Waals surface area contributed by atoms with E-state index >= 15 is 0 Å². The Labute approximate surface area is 160 Å². The lowest BCUT2D eigenvalue weighted by atomic mass is 10.1. The summed E-state index contributed by atoms with van der Waals surface area (Å²) in [7, 11) is 1.95. The number of aromatic nitrogens is 1. The van der Waals surface area contributed by atoms with E-state index in [4.69, 9.17) is 4.74 Å². The summed E-state index contributed by atoms with van der Waals surface area (Å²) in [6.45, 7) is 4.96. The molecule has 6 heteroatoms. The van der Waals surface area contributed by atoms with E-state index in [1.807, 2.05) is 71.1 Å². The number of aryl methyl sites for hydroxylation is 1. The Morgan fingerprint density at radius 1 is 0.889 bits per heavy atom. The highest BCUT2D eigenvalue weighted by Crippen LogP contribution is 2.14. The number of hydrogen-bond donors (Lipinski definition) is 0. The molecule has 1 aromatic carbocycles. The number of carbonyl (C=O) groups excluding carboxylic acids is 2. The van der Waals surface area contributed by atoms with Gasteiger partial charge in [-0.2, -0.15) is 0 Å². The van der Waals surface area contributed by atoms with Crippen LogP contribution in [0.1, 0.15) is 18.1 Å². The van der Waals surface area contributed by atoms with Crippen LogP contribution in [0.15, 0.2) is 42.7 Å². The van der Waals surface area contributed by atoms with Gasteiger partial charge in [0.2, 0.25) is 11.8 Å². The van der Waals surface area contributed by atoms with Crippen LogP contribution < -0.4 is 4.74 Å². The summed E-state index contributed by atoms with van der Waals surface area (Å²) in [5.41, 5.74) is 2.00. The van der Waals surface area contributed by atoms with Crippen LogP contribution in [0.3, 0.4) is 0 Å². The molecule has 0 N–H and O–H groups in total. The van der Waals surface area contributed by atoms with E-state index in [0.717, 1.165) is 16.9 Å². The van der Waals surface area contributed by atoms with Crippen LogP contribution in [-0.2, 0) is 29.5 Å². The van der Waals surface area contributed by atoms with Gasteiger partial charge in [0.25, 0.3) is 0 Å². The van der Waals surface area contributed by atoms with Crippen molar-refractivity contribution in [1.29, 1.82) is 0 Å². The van der Waals surface area contributed by atoms with Crippen LogP contribution in [0.5, 0.6) is 5.75 Å². The van der Waals surface area contributed by atoms with Crippen molar-refractivity contribution in [3.8, 4) is 5.75 Å². The Morgan fingerprint density at radius 3 is 1.93 bits per heavy atom. The highest BCUT2D eigenvalue weighted by molar-refractivity contribution is 5.81. The molecule has 0 atom stereocenters. The Bertz CT molecular complexity index is 774. The first kappa shape index (κ1) is 19.0. The van der Waals surface area contributed by atoms with Gasteiger partial charge >= 0.3 is 0 Å². The molecule has 1 aliphatic heterocycles. The smallest absolute Gasteiger partial charge is 0.227 e. The van der Waals surface area contributed by atoms with Gasteiger partial charge in [0.15, 0.2) is 0 Å². The Hall–Kier alpha value is -2.76. The third-order valence-electron chi connectivity index (χ3n) is 4.82. The predicted octanol–water partition coefficient (Wildman–Crippen LogP) is 1.88. The molecule has 1 aliphatic rings. The van der Waals surface area contributed by atoms with Gasteiger partial charge in [0, 0.05) is 45.6 Å². The maximum atomic E-state index is 12.5. The van der Waals surface area contributed by atoms with Crippen LogP contribution in [0.2, 0.25) is 0 Å². The molecule has 2 heterocycles. The second-order valence-corrected chi connectivity index (χ2v) is 6.88. The lowest BCUT2D eigenvalue weighted by Crippen LogP contribution is -2.51. The van der Waals surface area contributed by atoms with Crippen molar-refractivity contribution in [2.24, 2.45) is 7.05 Å². The first-order valence-electron chi connectivity index (χ1n) is 9.43. The summed E-state index contributed by atoms with van der Waals surface area (Å²) in [4.78, 5) is 28.7. The molecule has 1 fully saturated rings. The third-order valence-corrected chi connectivity index (χ3v) is 4.82. The monoisotopic (exact) mass is 369 g/mol. The molecule has 1 aromatic heterocycles. The zero-order chi connectivity index (χ0) is 19.2. The minimum Gasteiger partial charge on any atom is -0.494 e. The number of benzene rings is 1. The van der Waals surface area contributed by atoms with Gasteiger partial charge in [-0.15, -0.1) is 0 Å². The summed E-state index contributed by atoms with van der Waals surface area (Å²) in [6, 6.07) is 9.62. The van der Waals surface area contributed by atoms with Crippen molar-refractivity contribution in [2.75, 3.05) is 32.8 Å². The number of ether oxygens (including phenoxy) is 1. The normalized spacial score (nSPS) is 14.3. The zero-order valence-electron chi connectivity index (χ0n) is 16.1. The average Bonchev–Trinajstić information content (AvgIpc) is 3.08. The number of amides is 2. The molecule has 3 rings (SSSR count). The summed E-state index contributed by atoms with van der Waals surface area (Å²) < 4.78 is 7.37. The summed E-state index contributed by atoms with van der Waals surface area (Å²) in [6.07, 6.45) is 4.71. The van der Waals surface area contributed by atoms with Crippen molar-refractivity contribution in [2.45, 2.75) is 19.8 Å². The van der Waals surface area contributed by atoms with Crippen molar-refractivity contribution in [1.82, 2.24) is 14.4 Å². The van der Waals surface area contributed by atoms with Crippen molar-refractivity contribution in [3.63, 3.8) is 0 Å². The van der Waals surface area contributed by atoms with Crippen LogP contribution in [0.25, 0.3) is 0 Å². The topological polar surface area (TPSA) is 54.8 Å². The van der Waals surface area contributed by atoms with E-state index in [1.165, 1.54) is 0 Å². The van der Waals surface area contributed by atoms with Gasteiger partial charge in [-0.25, -0.2) is 0 Å². The average molecular weight is 369 g/mol. The first-order chi connectivity index (χ1) is 13.0. The largest absolute Gasteiger partial charge is 0.494 e. The molecule has 144 valence electrons. The van der Waals surface area contributed by atoms with Gasteiger partial charge in [-0.05, 0) is 36.2 Å². The molecule has 2 amide bonds.